The number of likely N-dealkylation sites (N-methyl/N-ethyl adjacent to an activating group) is 1. The summed E-state index contributed by atoms with van der Waals surface area (Å²) in [6.07, 6.45) is 0. The van der Waals surface area contributed by atoms with Crippen molar-refractivity contribution in [3.63, 3.8) is 0 Å². The van der Waals surface area contributed by atoms with Crippen molar-refractivity contribution in [2.45, 2.75) is 13.8 Å². The molecule has 3 rings (SSSR count). The Hall–Kier alpha value is -2.69. The van der Waals surface area contributed by atoms with Crippen LogP contribution in [0.2, 0.25) is 0 Å². The van der Waals surface area contributed by atoms with Crippen LogP contribution in [-0.4, -0.2) is 32.3 Å². The number of para-hydroxylation sites is 1. The molecule has 5 nitrogen and oxygen atoms in total. The number of carbonyl (C=O) groups excluding carboxylic acids is 1. The predicted molar refractivity (Wildman–Crippen MR) is 94.0 cm³/mol. The zero-order valence-corrected chi connectivity index (χ0v) is 14.0. The van der Waals surface area contributed by atoms with Crippen LogP contribution in [-0.2, 0) is 0 Å². The molecule has 1 heterocycles. The second-order valence-electron chi connectivity index (χ2n) is 5.71. The maximum absolute atomic E-state index is 12.4. The van der Waals surface area contributed by atoms with Gasteiger partial charge in [-0.15, -0.1) is 0 Å². The van der Waals surface area contributed by atoms with Gasteiger partial charge < -0.3 is 19.7 Å². The number of rotatable bonds is 6. The smallest absolute Gasteiger partial charge is 0.255 e. The highest BCUT2D eigenvalue weighted by Gasteiger charge is 2.21. The standard InChI is InChI=1S/C19H22N2O3/c1-3-21(15-7-4-6-14(2)12-15)11-10-20-19(22)16-8-5-9-17-18(16)24-13-23-17/h4-9,12H,3,10-11,13H2,1-2H3,(H,20,22). The zero-order chi connectivity index (χ0) is 16.9. The van der Waals surface area contributed by atoms with Gasteiger partial charge in [-0.2, -0.15) is 0 Å². The van der Waals surface area contributed by atoms with Gasteiger partial charge in [-0.1, -0.05) is 18.2 Å². The van der Waals surface area contributed by atoms with Gasteiger partial charge in [0.2, 0.25) is 6.79 Å². The number of carbonyl (C=O) groups is 1. The first kappa shape index (κ1) is 16.2. The van der Waals surface area contributed by atoms with Crippen molar-refractivity contribution in [2.24, 2.45) is 0 Å². The van der Waals surface area contributed by atoms with Crippen molar-refractivity contribution in [1.29, 1.82) is 0 Å². The van der Waals surface area contributed by atoms with Crippen molar-refractivity contribution in [2.75, 3.05) is 31.3 Å². The zero-order valence-electron chi connectivity index (χ0n) is 14.0. The largest absolute Gasteiger partial charge is 0.454 e. The molecule has 1 aliphatic rings. The van der Waals surface area contributed by atoms with E-state index in [0.717, 1.165) is 13.1 Å². The van der Waals surface area contributed by atoms with Gasteiger partial charge >= 0.3 is 0 Å². The molecule has 0 atom stereocenters. The minimum atomic E-state index is -0.141. The number of aryl methyl sites for hydroxylation is 1. The summed E-state index contributed by atoms with van der Waals surface area (Å²) < 4.78 is 10.7. The Balaban J connectivity index is 1.60. The Morgan fingerprint density at radius 3 is 2.83 bits per heavy atom. The number of benzene rings is 2. The van der Waals surface area contributed by atoms with Crippen LogP contribution < -0.4 is 19.7 Å². The van der Waals surface area contributed by atoms with E-state index in [1.54, 1.807) is 18.2 Å². The summed E-state index contributed by atoms with van der Waals surface area (Å²) >= 11 is 0. The van der Waals surface area contributed by atoms with Crippen LogP contribution in [0.25, 0.3) is 0 Å². The average Bonchev–Trinajstić information content (AvgIpc) is 3.07. The molecule has 5 heteroatoms. The first-order valence-corrected chi connectivity index (χ1v) is 8.17. The molecule has 2 aromatic rings. The molecule has 0 aromatic heterocycles. The lowest BCUT2D eigenvalue weighted by Crippen LogP contribution is -2.35. The van der Waals surface area contributed by atoms with E-state index < -0.39 is 0 Å². The molecule has 2 aromatic carbocycles. The molecule has 0 spiro atoms. The molecule has 24 heavy (non-hydrogen) atoms. The molecule has 126 valence electrons. The molecule has 1 aliphatic heterocycles. The van der Waals surface area contributed by atoms with Crippen LogP contribution in [0, 0.1) is 6.92 Å². The summed E-state index contributed by atoms with van der Waals surface area (Å²) in [5, 5.41) is 2.96. The quantitative estimate of drug-likeness (QED) is 0.887. The van der Waals surface area contributed by atoms with E-state index in [-0.39, 0.29) is 12.7 Å². The summed E-state index contributed by atoms with van der Waals surface area (Å²) in [7, 11) is 0. The van der Waals surface area contributed by atoms with Crippen LogP contribution in [0.4, 0.5) is 5.69 Å². The third-order valence-corrected chi connectivity index (χ3v) is 4.06. The second-order valence-corrected chi connectivity index (χ2v) is 5.71. The van der Waals surface area contributed by atoms with E-state index in [1.165, 1.54) is 11.3 Å². The van der Waals surface area contributed by atoms with E-state index in [0.29, 0.717) is 23.6 Å². The van der Waals surface area contributed by atoms with Crippen molar-refractivity contribution in [3.8, 4) is 11.5 Å². The summed E-state index contributed by atoms with van der Waals surface area (Å²) in [4.78, 5) is 14.6. The maximum Gasteiger partial charge on any atom is 0.255 e. The van der Waals surface area contributed by atoms with E-state index in [2.05, 4.69) is 48.3 Å². The van der Waals surface area contributed by atoms with Crippen molar-refractivity contribution in [1.82, 2.24) is 5.32 Å². The third kappa shape index (κ3) is 3.45. The molecule has 1 N–H and O–H groups in total. The lowest BCUT2D eigenvalue weighted by Gasteiger charge is -2.23. The fourth-order valence-electron chi connectivity index (χ4n) is 2.80. The summed E-state index contributed by atoms with van der Waals surface area (Å²) in [5.74, 6) is 1.01. The molecule has 0 radical (unpaired) electrons. The molecule has 0 bridgehead atoms. The number of fused-ring (bicyclic) bond motifs is 1. The molecule has 0 saturated carbocycles. The lowest BCUT2D eigenvalue weighted by atomic mass is 10.1. The Labute approximate surface area is 142 Å². The topological polar surface area (TPSA) is 50.8 Å². The highest BCUT2D eigenvalue weighted by atomic mass is 16.7. The van der Waals surface area contributed by atoms with Crippen LogP contribution in [0.3, 0.4) is 0 Å². The number of ether oxygens (including phenoxy) is 2. The first-order chi connectivity index (χ1) is 11.7. The van der Waals surface area contributed by atoms with Gasteiger partial charge in [-0.3, -0.25) is 4.79 Å². The van der Waals surface area contributed by atoms with E-state index in [1.807, 2.05) is 0 Å². The lowest BCUT2D eigenvalue weighted by molar-refractivity contribution is 0.0950. The number of nitrogens with zero attached hydrogens (tertiary/aromatic N) is 1. The average molecular weight is 326 g/mol. The predicted octanol–water partition coefficient (Wildman–Crippen LogP) is 2.98. The minimum Gasteiger partial charge on any atom is -0.454 e. The van der Waals surface area contributed by atoms with Crippen molar-refractivity contribution < 1.29 is 14.3 Å². The van der Waals surface area contributed by atoms with Crippen LogP contribution in [0.1, 0.15) is 22.8 Å². The molecule has 0 unspecified atom stereocenters. The van der Waals surface area contributed by atoms with E-state index >= 15 is 0 Å². The Morgan fingerprint density at radius 1 is 1.21 bits per heavy atom. The van der Waals surface area contributed by atoms with Gasteiger partial charge in [0, 0.05) is 25.3 Å². The first-order valence-electron chi connectivity index (χ1n) is 8.17. The Morgan fingerprint density at radius 2 is 2.04 bits per heavy atom. The maximum atomic E-state index is 12.4. The fourth-order valence-corrected chi connectivity index (χ4v) is 2.80. The number of hydrogen-bond acceptors (Lipinski definition) is 4. The molecule has 0 aliphatic carbocycles. The third-order valence-electron chi connectivity index (χ3n) is 4.06. The molecule has 1 amide bonds. The van der Waals surface area contributed by atoms with E-state index in [4.69, 9.17) is 9.47 Å². The second kappa shape index (κ2) is 7.25. The van der Waals surface area contributed by atoms with Gasteiger partial charge in [0.1, 0.15) is 0 Å². The Bertz CT molecular complexity index is 730. The SMILES string of the molecule is CCN(CCNC(=O)c1cccc2c1OCO2)c1cccc(C)c1. The summed E-state index contributed by atoms with van der Waals surface area (Å²) in [5.41, 5.74) is 2.92. The highest BCUT2D eigenvalue weighted by Crippen LogP contribution is 2.35. The van der Waals surface area contributed by atoms with Crippen LogP contribution in [0.5, 0.6) is 11.5 Å². The highest BCUT2D eigenvalue weighted by molar-refractivity contribution is 5.97. The summed E-state index contributed by atoms with van der Waals surface area (Å²) in [6.45, 7) is 6.55. The monoisotopic (exact) mass is 326 g/mol. The van der Waals surface area contributed by atoms with Crippen LogP contribution >= 0.6 is 0 Å². The number of nitrogens with one attached hydrogen (secondary N) is 1. The van der Waals surface area contributed by atoms with Gasteiger partial charge in [-0.25, -0.2) is 0 Å². The normalized spacial score (nSPS) is 12.1. The number of amides is 1. The van der Waals surface area contributed by atoms with E-state index in [9.17, 15) is 4.79 Å². The Kier molecular flexibility index (Phi) is 4.89. The van der Waals surface area contributed by atoms with Gasteiger partial charge in [0.05, 0.1) is 5.56 Å². The van der Waals surface area contributed by atoms with Gasteiger partial charge in [-0.05, 0) is 43.7 Å². The molecule has 0 saturated heterocycles. The number of anilines is 1. The summed E-state index contributed by atoms with van der Waals surface area (Å²) in [6, 6.07) is 13.7. The molecular formula is C19H22N2O3. The fraction of sp³-hybridized carbons (Fsp3) is 0.316. The van der Waals surface area contributed by atoms with Crippen LogP contribution in [0.15, 0.2) is 42.5 Å². The minimum absolute atomic E-state index is 0.141. The molecule has 0 fully saturated rings. The molecular weight excluding hydrogens is 304 g/mol. The van der Waals surface area contributed by atoms with Crippen molar-refractivity contribution in [3.05, 3.63) is 53.6 Å². The van der Waals surface area contributed by atoms with Gasteiger partial charge in [0.15, 0.2) is 11.5 Å². The van der Waals surface area contributed by atoms with Gasteiger partial charge in [0.25, 0.3) is 5.91 Å². The van der Waals surface area contributed by atoms with Crippen molar-refractivity contribution >= 4 is 11.6 Å². The number of hydrogen-bond donors (Lipinski definition) is 1.